The van der Waals surface area contributed by atoms with Crippen LogP contribution in [0, 0.1) is 0 Å². The van der Waals surface area contributed by atoms with Crippen LogP contribution in [0.5, 0.6) is 0 Å². The molecular weight excluding hydrogens is 204 g/mol. The Hall–Kier alpha value is -0.470. The molecule has 84 valence electrons. The number of rotatable bonds is 7. The Balaban J connectivity index is 2.36. The molecule has 1 aromatic carbocycles. The molecule has 0 heterocycles. The van der Waals surface area contributed by atoms with Crippen LogP contribution in [0.1, 0.15) is 31.2 Å². The van der Waals surface area contributed by atoms with Crippen LogP contribution in [0.15, 0.2) is 30.3 Å². The minimum atomic E-state index is 0.520. The number of hydrogen-bond acceptors (Lipinski definition) is 2. The van der Waals surface area contributed by atoms with Crippen LogP contribution in [0.3, 0.4) is 0 Å². The van der Waals surface area contributed by atoms with Crippen molar-refractivity contribution in [2.75, 3.05) is 19.0 Å². The van der Waals surface area contributed by atoms with E-state index in [0.29, 0.717) is 5.92 Å². The Morgan fingerprint density at radius 2 is 1.93 bits per heavy atom. The first-order chi connectivity index (χ1) is 7.38. The first-order valence-electron chi connectivity index (χ1n) is 5.62. The van der Waals surface area contributed by atoms with E-state index in [0.717, 1.165) is 31.8 Å². The second-order valence-corrected chi connectivity index (χ2v) is 4.06. The molecule has 1 aromatic rings. The SMILES string of the molecule is CCCOCCC(CS)c1ccccc1. The number of thiol groups is 1. The van der Waals surface area contributed by atoms with Crippen molar-refractivity contribution >= 4 is 12.6 Å². The smallest absolute Gasteiger partial charge is 0.0472 e. The maximum absolute atomic E-state index is 5.50. The van der Waals surface area contributed by atoms with E-state index in [9.17, 15) is 0 Å². The van der Waals surface area contributed by atoms with Crippen molar-refractivity contribution < 1.29 is 4.74 Å². The van der Waals surface area contributed by atoms with E-state index in [2.05, 4.69) is 43.8 Å². The van der Waals surface area contributed by atoms with Gasteiger partial charge in [0.05, 0.1) is 0 Å². The van der Waals surface area contributed by atoms with Gasteiger partial charge in [-0.25, -0.2) is 0 Å². The lowest BCUT2D eigenvalue weighted by molar-refractivity contribution is 0.129. The van der Waals surface area contributed by atoms with Gasteiger partial charge < -0.3 is 4.74 Å². The third-order valence-electron chi connectivity index (χ3n) is 2.45. The summed E-state index contributed by atoms with van der Waals surface area (Å²) in [5.41, 5.74) is 1.37. The van der Waals surface area contributed by atoms with E-state index in [-0.39, 0.29) is 0 Å². The number of ether oxygens (including phenoxy) is 1. The van der Waals surface area contributed by atoms with Crippen molar-refractivity contribution in [2.45, 2.75) is 25.7 Å². The Morgan fingerprint density at radius 3 is 2.53 bits per heavy atom. The van der Waals surface area contributed by atoms with Gasteiger partial charge in [-0.05, 0) is 30.1 Å². The average Bonchev–Trinajstić information content (AvgIpc) is 2.30. The predicted molar refractivity (Wildman–Crippen MR) is 68.8 cm³/mol. The van der Waals surface area contributed by atoms with Gasteiger partial charge in [0.1, 0.15) is 0 Å². The summed E-state index contributed by atoms with van der Waals surface area (Å²) in [5, 5.41) is 0. The number of benzene rings is 1. The largest absolute Gasteiger partial charge is 0.381 e. The van der Waals surface area contributed by atoms with Crippen LogP contribution in [0.4, 0.5) is 0 Å². The Labute approximate surface area is 98.3 Å². The fourth-order valence-electron chi connectivity index (χ4n) is 1.56. The lowest BCUT2D eigenvalue weighted by Gasteiger charge is -2.14. The van der Waals surface area contributed by atoms with Crippen molar-refractivity contribution in [1.82, 2.24) is 0 Å². The van der Waals surface area contributed by atoms with E-state index < -0.39 is 0 Å². The zero-order valence-corrected chi connectivity index (χ0v) is 10.2. The summed E-state index contributed by atoms with van der Waals surface area (Å²) in [4.78, 5) is 0. The van der Waals surface area contributed by atoms with Crippen LogP contribution in [0.2, 0.25) is 0 Å². The van der Waals surface area contributed by atoms with Gasteiger partial charge in [-0.2, -0.15) is 12.6 Å². The van der Waals surface area contributed by atoms with Crippen molar-refractivity contribution in [3.63, 3.8) is 0 Å². The van der Waals surface area contributed by atoms with E-state index in [1.807, 2.05) is 6.07 Å². The Bertz CT molecular complexity index is 248. The maximum Gasteiger partial charge on any atom is 0.0472 e. The highest BCUT2D eigenvalue weighted by Gasteiger charge is 2.08. The molecule has 15 heavy (non-hydrogen) atoms. The quantitative estimate of drug-likeness (QED) is 0.551. The second-order valence-electron chi connectivity index (χ2n) is 3.69. The molecule has 0 N–H and O–H groups in total. The molecule has 0 spiro atoms. The summed E-state index contributed by atoms with van der Waals surface area (Å²) in [7, 11) is 0. The second kappa shape index (κ2) is 7.77. The lowest BCUT2D eigenvalue weighted by atomic mass is 9.98. The molecule has 1 atom stereocenters. The summed E-state index contributed by atoms with van der Waals surface area (Å²) in [6, 6.07) is 10.5. The van der Waals surface area contributed by atoms with Crippen molar-refractivity contribution in [1.29, 1.82) is 0 Å². The Kier molecular flexibility index (Phi) is 6.53. The number of hydrogen-bond donors (Lipinski definition) is 1. The lowest BCUT2D eigenvalue weighted by Crippen LogP contribution is -2.06. The van der Waals surface area contributed by atoms with Gasteiger partial charge >= 0.3 is 0 Å². The molecule has 2 heteroatoms. The molecular formula is C13H20OS. The topological polar surface area (TPSA) is 9.23 Å². The highest BCUT2D eigenvalue weighted by Crippen LogP contribution is 2.20. The van der Waals surface area contributed by atoms with Gasteiger partial charge in [0.25, 0.3) is 0 Å². The standard InChI is InChI=1S/C13H20OS/c1-2-9-14-10-8-13(11-15)12-6-4-3-5-7-12/h3-7,13,15H,2,8-11H2,1H3. The first-order valence-corrected chi connectivity index (χ1v) is 6.25. The summed E-state index contributed by atoms with van der Waals surface area (Å²) in [6.07, 6.45) is 2.16. The summed E-state index contributed by atoms with van der Waals surface area (Å²) < 4.78 is 5.50. The van der Waals surface area contributed by atoms with E-state index >= 15 is 0 Å². The molecule has 0 aliphatic rings. The molecule has 0 radical (unpaired) electrons. The maximum atomic E-state index is 5.50. The minimum absolute atomic E-state index is 0.520. The van der Waals surface area contributed by atoms with Gasteiger partial charge in [0.2, 0.25) is 0 Å². The van der Waals surface area contributed by atoms with E-state index in [1.54, 1.807) is 0 Å². The Morgan fingerprint density at radius 1 is 1.20 bits per heavy atom. The molecule has 0 saturated carbocycles. The fraction of sp³-hybridized carbons (Fsp3) is 0.538. The molecule has 0 bridgehead atoms. The summed E-state index contributed by atoms with van der Waals surface area (Å²) in [5.74, 6) is 1.41. The van der Waals surface area contributed by atoms with Gasteiger partial charge in [-0.3, -0.25) is 0 Å². The van der Waals surface area contributed by atoms with Crippen LogP contribution in [0.25, 0.3) is 0 Å². The minimum Gasteiger partial charge on any atom is -0.381 e. The third kappa shape index (κ3) is 4.72. The molecule has 0 fully saturated rings. The monoisotopic (exact) mass is 224 g/mol. The van der Waals surface area contributed by atoms with Crippen LogP contribution in [-0.4, -0.2) is 19.0 Å². The normalized spacial score (nSPS) is 12.7. The third-order valence-corrected chi connectivity index (χ3v) is 2.89. The van der Waals surface area contributed by atoms with Crippen molar-refractivity contribution in [2.24, 2.45) is 0 Å². The summed E-state index contributed by atoms with van der Waals surface area (Å²) in [6.45, 7) is 3.84. The van der Waals surface area contributed by atoms with Gasteiger partial charge in [-0.1, -0.05) is 37.3 Å². The van der Waals surface area contributed by atoms with Gasteiger partial charge in [-0.15, -0.1) is 0 Å². The molecule has 0 aliphatic carbocycles. The van der Waals surface area contributed by atoms with Crippen LogP contribution < -0.4 is 0 Å². The molecule has 1 nitrogen and oxygen atoms in total. The molecule has 1 unspecified atom stereocenters. The molecule has 0 saturated heterocycles. The van der Waals surface area contributed by atoms with E-state index in [1.165, 1.54) is 5.56 Å². The molecule has 1 rings (SSSR count). The van der Waals surface area contributed by atoms with Crippen LogP contribution in [-0.2, 0) is 4.74 Å². The van der Waals surface area contributed by atoms with E-state index in [4.69, 9.17) is 4.74 Å². The molecule has 0 aliphatic heterocycles. The van der Waals surface area contributed by atoms with Crippen molar-refractivity contribution in [3.8, 4) is 0 Å². The molecule has 0 aromatic heterocycles. The van der Waals surface area contributed by atoms with Crippen molar-refractivity contribution in [3.05, 3.63) is 35.9 Å². The van der Waals surface area contributed by atoms with Crippen LogP contribution >= 0.6 is 12.6 Å². The fourth-order valence-corrected chi connectivity index (χ4v) is 1.95. The summed E-state index contributed by atoms with van der Waals surface area (Å²) >= 11 is 4.40. The van der Waals surface area contributed by atoms with Gasteiger partial charge in [0.15, 0.2) is 0 Å². The highest BCUT2D eigenvalue weighted by atomic mass is 32.1. The predicted octanol–water partition coefficient (Wildman–Crippen LogP) is 3.52. The zero-order chi connectivity index (χ0) is 10.9. The average molecular weight is 224 g/mol. The first kappa shape index (κ1) is 12.6. The molecule has 0 amide bonds. The zero-order valence-electron chi connectivity index (χ0n) is 9.36. The highest BCUT2D eigenvalue weighted by molar-refractivity contribution is 7.80. The van der Waals surface area contributed by atoms with Gasteiger partial charge in [0, 0.05) is 13.2 Å².